The summed E-state index contributed by atoms with van der Waals surface area (Å²) in [5.41, 5.74) is 0. The number of hydrogen-bond donors (Lipinski definition) is 1. The van der Waals surface area contributed by atoms with Crippen molar-refractivity contribution in [3.8, 4) is 0 Å². The molecular weight excluding hydrogens is 232 g/mol. The van der Waals surface area contributed by atoms with Crippen LogP contribution in [0.4, 0.5) is 0 Å². The average Bonchev–Trinajstić information content (AvgIpc) is 2.75. The molecule has 2 fully saturated rings. The van der Waals surface area contributed by atoms with Crippen molar-refractivity contribution in [1.82, 2.24) is 9.80 Å². The van der Waals surface area contributed by atoms with Crippen molar-refractivity contribution in [2.75, 3.05) is 33.2 Å². The van der Waals surface area contributed by atoms with Crippen molar-refractivity contribution < 1.29 is 14.7 Å². The first kappa shape index (κ1) is 13.3. The normalized spacial score (nSPS) is 26.5. The molecule has 0 bridgehead atoms. The highest BCUT2D eigenvalue weighted by atomic mass is 16.4. The molecule has 2 saturated heterocycles. The monoisotopic (exact) mass is 254 g/mol. The highest BCUT2D eigenvalue weighted by Gasteiger charge is 2.29. The van der Waals surface area contributed by atoms with Crippen LogP contribution in [-0.4, -0.2) is 60.0 Å². The SMILES string of the molecule is CN1CCC(CC(=O)N2CCC(C(=O)O)CC2)C1. The van der Waals surface area contributed by atoms with Crippen LogP contribution in [0.2, 0.25) is 0 Å². The maximum atomic E-state index is 12.1. The third-order valence-electron chi connectivity index (χ3n) is 4.15. The van der Waals surface area contributed by atoms with Gasteiger partial charge in [0, 0.05) is 26.1 Å². The Morgan fingerprint density at radius 2 is 1.83 bits per heavy atom. The predicted octanol–water partition coefficient (Wildman–Crippen LogP) is 0.651. The summed E-state index contributed by atoms with van der Waals surface area (Å²) < 4.78 is 0. The minimum absolute atomic E-state index is 0.208. The third-order valence-corrected chi connectivity index (χ3v) is 4.15. The molecule has 0 aliphatic carbocycles. The fourth-order valence-corrected chi connectivity index (χ4v) is 2.94. The van der Waals surface area contributed by atoms with Crippen molar-refractivity contribution in [2.24, 2.45) is 11.8 Å². The summed E-state index contributed by atoms with van der Waals surface area (Å²) in [5.74, 6) is -0.287. The Hall–Kier alpha value is -1.10. The maximum Gasteiger partial charge on any atom is 0.306 e. The summed E-state index contributed by atoms with van der Waals surface area (Å²) in [7, 11) is 2.09. The molecule has 5 nitrogen and oxygen atoms in total. The smallest absolute Gasteiger partial charge is 0.306 e. The zero-order valence-corrected chi connectivity index (χ0v) is 11.0. The minimum Gasteiger partial charge on any atom is -0.481 e. The molecule has 0 spiro atoms. The fourth-order valence-electron chi connectivity index (χ4n) is 2.94. The van der Waals surface area contributed by atoms with Crippen molar-refractivity contribution in [1.29, 1.82) is 0 Å². The number of piperidine rings is 1. The predicted molar refractivity (Wildman–Crippen MR) is 67.2 cm³/mol. The number of nitrogens with zero attached hydrogens (tertiary/aromatic N) is 2. The molecule has 1 atom stereocenters. The van der Waals surface area contributed by atoms with Gasteiger partial charge in [-0.15, -0.1) is 0 Å². The lowest BCUT2D eigenvalue weighted by atomic mass is 9.96. The molecule has 5 heteroatoms. The van der Waals surface area contributed by atoms with Crippen LogP contribution in [0, 0.1) is 11.8 Å². The van der Waals surface area contributed by atoms with Crippen LogP contribution in [0.15, 0.2) is 0 Å². The van der Waals surface area contributed by atoms with Gasteiger partial charge >= 0.3 is 5.97 Å². The number of rotatable bonds is 3. The van der Waals surface area contributed by atoms with Gasteiger partial charge in [0.2, 0.25) is 5.91 Å². The van der Waals surface area contributed by atoms with Crippen LogP contribution >= 0.6 is 0 Å². The van der Waals surface area contributed by atoms with Crippen LogP contribution in [0.3, 0.4) is 0 Å². The minimum atomic E-state index is -0.723. The first-order chi connectivity index (χ1) is 8.56. The Morgan fingerprint density at radius 1 is 1.17 bits per heavy atom. The summed E-state index contributed by atoms with van der Waals surface area (Å²) in [4.78, 5) is 27.0. The molecule has 0 saturated carbocycles. The quantitative estimate of drug-likeness (QED) is 0.803. The number of likely N-dealkylation sites (tertiary alicyclic amines) is 2. The summed E-state index contributed by atoms with van der Waals surface area (Å²) >= 11 is 0. The number of carboxylic acid groups (broad SMARTS) is 1. The van der Waals surface area contributed by atoms with Gasteiger partial charge in [-0.05, 0) is 38.8 Å². The van der Waals surface area contributed by atoms with Gasteiger partial charge in [-0.25, -0.2) is 0 Å². The number of carbonyl (C=O) groups excluding carboxylic acids is 1. The van der Waals surface area contributed by atoms with Crippen LogP contribution in [-0.2, 0) is 9.59 Å². The fraction of sp³-hybridized carbons (Fsp3) is 0.846. The second-order valence-corrected chi connectivity index (χ2v) is 5.61. The standard InChI is InChI=1S/C13H22N2O3/c1-14-5-2-10(9-14)8-12(16)15-6-3-11(4-7-15)13(17)18/h10-11H,2-9H2,1H3,(H,17,18). The van der Waals surface area contributed by atoms with E-state index in [1.165, 1.54) is 0 Å². The van der Waals surface area contributed by atoms with Gasteiger partial charge in [-0.2, -0.15) is 0 Å². The number of amides is 1. The summed E-state index contributed by atoms with van der Waals surface area (Å²) in [6.45, 7) is 3.31. The molecule has 0 aromatic heterocycles. The highest BCUT2D eigenvalue weighted by molar-refractivity contribution is 5.77. The Labute approximate surface area is 108 Å². The van der Waals surface area contributed by atoms with Gasteiger partial charge in [-0.3, -0.25) is 9.59 Å². The van der Waals surface area contributed by atoms with Gasteiger partial charge < -0.3 is 14.9 Å². The zero-order valence-electron chi connectivity index (χ0n) is 11.0. The molecule has 102 valence electrons. The van der Waals surface area contributed by atoms with E-state index in [2.05, 4.69) is 11.9 Å². The van der Waals surface area contributed by atoms with E-state index in [1.807, 2.05) is 4.90 Å². The molecule has 2 aliphatic heterocycles. The Bertz CT molecular complexity index is 324. The van der Waals surface area contributed by atoms with Gasteiger partial charge in [0.05, 0.1) is 5.92 Å². The van der Waals surface area contributed by atoms with E-state index in [9.17, 15) is 9.59 Å². The third kappa shape index (κ3) is 3.22. The van der Waals surface area contributed by atoms with Crippen molar-refractivity contribution >= 4 is 11.9 Å². The van der Waals surface area contributed by atoms with Gasteiger partial charge in [-0.1, -0.05) is 0 Å². The van der Waals surface area contributed by atoms with E-state index >= 15 is 0 Å². The Morgan fingerprint density at radius 3 is 2.33 bits per heavy atom. The molecule has 0 aromatic carbocycles. The second-order valence-electron chi connectivity index (χ2n) is 5.61. The summed E-state index contributed by atoms with van der Waals surface area (Å²) in [6, 6.07) is 0. The molecule has 2 aliphatic rings. The van der Waals surface area contributed by atoms with Crippen molar-refractivity contribution in [3.63, 3.8) is 0 Å². The van der Waals surface area contributed by atoms with Gasteiger partial charge in [0.25, 0.3) is 0 Å². The Kier molecular flexibility index (Phi) is 4.22. The lowest BCUT2D eigenvalue weighted by Gasteiger charge is -2.30. The maximum absolute atomic E-state index is 12.1. The molecule has 1 unspecified atom stereocenters. The zero-order chi connectivity index (χ0) is 13.1. The van der Waals surface area contributed by atoms with Crippen molar-refractivity contribution in [3.05, 3.63) is 0 Å². The van der Waals surface area contributed by atoms with Gasteiger partial charge in [0.1, 0.15) is 0 Å². The largest absolute Gasteiger partial charge is 0.481 e. The number of aliphatic carboxylic acids is 1. The van der Waals surface area contributed by atoms with Crippen LogP contribution < -0.4 is 0 Å². The molecule has 0 radical (unpaired) electrons. The van der Waals surface area contributed by atoms with E-state index in [1.54, 1.807) is 0 Å². The van der Waals surface area contributed by atoms with Crippen LogP contribution in [0.5, 0.6) is 0 Å². The second kappa shape index (κ2) is 5.69. The number of hydrogen-bond acceptors (Lipinski definition) is 3. The molecule has 0 aromatic rings. The molecule has 1 N–H and O–H groups in total. The molecule has 1 amide bonds. The van der Waals surface area contributed by atoms with E-state index in [-0.39, 0.29) is 11.8 Å². The average molecular weight is 254 g/mol. The first-order valence-corrected chi connectivity index (χ1v) is 6.75. The number of carboxylic acids is 1. The summed E-state index contributed by atoms with van der Waals surface area (Å²) in [6.07, 6.45) is 2.94. The van der Waals surface area contributed by atoms with E-state index in [0.29, 0.717) is 38.3 Å². The molecule has 18 heavy (non-hydrogen) atoms. The van der Waals surface area contributed by atoms with Crippen LogP contribution in [0.25, 0.3) is 0 Å². The first-order valence-electron chi connectivity index (χ1n) is 6.75. The lowest BCUT2D eigenvalue weighted by Crippen LogP contribution is -2.41. The van der Waals surface area contributed by atoms with Gasteiger partial charge in [0.15, 0.2) is 0 Å². The van der Waals surface area contributed by atoms with E-state index in [0.717, 1.165) is 19.5 Å². The topological polar surface area (TPSA) is 60.9 Å². The highest BCUT2D eigenvalue weighted by Crippen LogP contribution is 2.22. The summed E-state index contributed by atoms with van der Waals surface area (Å²) in [5, 5.41) is 8.91. The Balaban J connectivity index is 1.75. The van der Waals surface area contributed by atoms with E-state index < -0.39 is 5.97 Å². The van der Waals surface area contributed by atoms with Crippen molar-refractivity contribution in [2.45, 2.75) is 25.7 Å². The molecular formula is C13H22N2O3. The lowest BCUT2D eigenvalue weighted by molar-refractivity contribution is -0.145. The van der Waals surface area contributed by atoms with E-state index in [4.69, 9.17) is 5.11 Å². The van der Waals surface area contributed by atoms with Crippen LogP contribution in [0.1, 0.15) is 25.7 Å². The molecule has 2 rings (SSSR count). The number of carbonyl (C=O) groups is 2. The molecule has 2 heterocycles.